The van der Waals surface area contributed by atoms with Gasteiger partial charge in [-0.3, -0.25) is 10.1 Å². The molecule has 0 saturated heterocycles. The molecule has 1 aromatic carbocycles. The molecule has 104 valence electrons. The monoisotopic (exact) mass is 278 g/mol. The van der Waals surface area contributed by atoms with Gasteiger partial charge in [-0.25, -0.2) is 9.48 Å². The van der Waals surface area contributed by atoms with Gasteiger partial charge in [0, 0.05) is 19.2 Å². The number of carbonyl (C=O) groups is 1. The zero-order valence-corrected chi connectivity index (χ0v) is 10.4. The maximum absolute atomic E-state index is 11.0. The minimum atomic E-state index is -1.24. The van der Waals surface area contributed by atoms with Gasteiger partial charge in [-0.1, -0.05) is 11.3 Å². The summed E-state index contributed by atoms with van der Waals surface area (Å²) >= 11 is 0. The molecule has 2 rings (SSSR count). The number of non-ortho nitro benzene ring substituents is 1. The number of hydrogen-bond acceptors (Lipinski definition) is 6. The van der Waals surface area contributed by atoms with E-state index in [4.69, 9.17) is 9.84 Å². The Balaban J connectivity index is 2.54. The van der Waals surface area contributed by atoms with Gasteiger partial charge < -0.3 is 9.84 Å². The fraction of sp³-hybridized carbons (Fsp3) is 0.182. The van der Waals surface area contributed by atoms with E-state index in [1.807, 2.05) is 0 Å². The molecule has 9 nitrogen and oxygen atoms in total. The van der Waals surface area contributed by atoms with Gasteiger partial charge in [0.25, 0.3) is 5.69 Å². The predicted octanol–water partition coefficient (Wildman–Crippen LogP) is 1.02. The normalized spacial score (nSPS) is 10.4. The Bertz CT molecular complexity index is 667. The first-order chi connectivity index (χ1) is 9.54. The largest absolute Gasteiger partial charge is 0.476 e. The molecule has 0 radical (unpaired) electrons. The van der Waals surface area contributed by atoms with Crippen LogP contribution in [0.3, 0.4) is 0 Å². The summed E-state index contributed by atoms with van der Waals surface area (Å²) in [6, 6.07) is 5.65. The van der Waals surface area contributed by atoms with Crippen molar-refractivity contribution in [3.05, 3.63) is 45.8 Å². The van der Waals surface area contributed by atoms with Crippen LogP contribution in [0.5, 0.6) is 0 Å². The molecule has 0 bridgehead atoms. The number of nitrogens with zero attached hydrogens (tertiary/aromatic N) is 4. The smallest absolute Gasteiger partial charge is 0.358 e. The summed E-state index contributed by atoms with van der Waals surface area (Å²) in [5.41, 5.74) is 0.170. The van der Waals surface area contributed by atoms with E-state index in [0.29, 0.717) is 5.69 Å². The predicted molar refractivity (Wildman–Crippen MR) is 65.7 cm³/mol. The second-order valence-corrected chi connectivity index (χ2v) is 3.81. The van der Waals surface area contributed by atoms with Crippen LogP contribution in [0, 0.1) is 10.1 Å². The van der Waals surface area contributed by atoms with Crippen LogP contribution in [0.4, 0.5) is 5.69 Å². The highest BCUT2D eigenvalue weighted by Crippen LogP contribution is 2.19. The lowest BCUT2D eigenvalue weighted by atomic mass is 10.2. The Hall–Kier alpha value is -2.81. The van der Waals surface area contributed by atoms with Gasteiger partial charge in [-0.2, -0.15) is 0 Å². The fourth-order valence-corrected chi connectivity index (χ4v) is 1.68. The molecule has 1 N–H and O–H groups in total. The third-order valence-corrected chi connectivity index (χ3v) is 2.53. The summed E-state index contributed by atoms with van der Waals surface area (Å²) in [7, 11) is 1.40. The Morgan fingerprint density at radius 3 is 2.90 bits per heavy atom. The van der Waals surface area contributed by atoms with E-state index in [1.54, 1.807) is 6.07 Å². The second kappa shape index (κ2) is 5.45. The van der Waals surface area contributed by atoms with Crippen LogP contribution in [-0.2, 0) is 11.3 Å². The fourth-order valence-electron chi connectivity index (χ4n) is 1.68. The summed E-state index contributed by atoms with van der Waals surface area (Å²) < 4.78 is 6.13. The molecule has 0 aliphatic heterocycles. The number of carboxylic acid groups (broad SMARTS) is 1. The highest BCUT2D eigenvalue weighted by Gasteiger charge is 2.20. The van der Waals surface area contributed by atoms with E-state index in [0.717, 1.165) is 0 Å². The number of nitro groups is 1. The van der Waals surface area contributed by atoms with Crippen molar-refractivity contribution >= 4 is 11.7 Å². The molecule has 1 heterocycles. The van der Waals surface area contributed by atoms with Crippen LogP contribution in [0.15, 0.2) is 24.3 Å². The molecule has 9 heteroatoms. The number of benzene rings is 1. The lowest BCUT2D eigenvalue weighted by Crippen LogP contribution is -2.08. The zero-order chi connectivity index (χ0) is 14.7. The third kappa shape index (κ3) is 2.47. The Morgan fingerprint density at radius 2 is 2.30 bits per heavy atom. The molecule has 0 aliphatic carbocycles. The van der Waals surface area contributed by atoms with Crippen LogP contribution in [-0.4, -0.2) is 38.1 Å². The number of rotatable bonds is 5. The van der Waals surface area contributed by atoms with E-state index in [1.165, 1.54) is 30.0 Å². The first-order valence-corrected chi connectivity index (χ1v) is 5.46. The summed E-state index contributed by atoms with van der Waals surface area (Å²) in [6.45, 7) is -0.0304. The number of aromatic nitrogens is 3. The van der Waals surface area contributed by atoms with Gasteiger partial charge >= 0.3 is 5.97 Å². The number of carboxylic acids is 1. The minimum Gasteiger partial charge on any atom is -0.476 e. The quantitative estimate of drug-likeness (QED) is 0.640. The average molecular weight is 278 g/mol. The molecule has 0 aliphatic rings. The maximum atomic E-state index is 11.0. The van der Waals surface area contributed by atoms with Crippen molar-refractivity contribution in [3.63, 3.8) is 0 Å². The average Bonchev–Trinajstić information content (AvgIpc) is 2.83. The van der Waals surface area contributed by atoms with Crippen LogP contribution in [0.2, 0.25) is 0 Å². The van der Waals surface area contributed by atoms with Crippen LogP contribution in [0.1, 0.15) is 16.2 Å². The molecule has 0 spiro atoms. The Morgan fingerprint density at radius 1 is 1.55 bits per heavy atom. The lowest BCUT2D eigenvalue weighted by Gasteiger charge is -2.05. The summed E-state index contributed by atoms with van der Waals surface area (Å²) in [4.78, 5) is 21.2. The van der Waals surface area contributed by atoms with Crippen molar-refractivity contribution in [1.82, 2.24) is 15.0 Å². The van der Waals surface area contributed by atoms with Gasteiger partial charge in [0.05, 0.1) is 17.2 Å². The van der Waals surface area contributed by atoms with Crippen LogP contribution in [0.25, 0.3) is 5.69 Å². The zero-order valence-electron chi connectivity index (χ0n) is 10.4. The maximum Gasteiger partial charge on any atom is 0.358 e. The highest BCUT2D eigenvalue weighted by atomic mass is 16.6. The van der Waals surface area contributed by atoms with E-state index in [2.05, 4.69) is 10.3 Å². The Labute approximate surface area is 112 Å². The number of hydrogen-bond donors (Lipinski definition) is 1. The van der Waals surface area contributed by atoms with Crippen LogP contribution >= 0.6 is 0 Å². The first-order valence-electron chi connectivity index (χ1n) is 5.46. The summed E-state index contributed by atoms with van der Waals surface area (Å²) in [5, 5.41) is 27.0. The third-order valence-electron chi connectivity index (χ3n) is 2.53. The molecule has 2 aromatic rings. The number of methoxy groups -OCH3 is 1. The molecule has 20 heavy (non-hydrogen) atoms. The van der Waals surface area contributed by atoms with Crippen LogP contribution < -0.4 is 0 Å². The van der Waals surface area contributed by atoms with Crippen molar-refractivity contribution in [1.29, 1.82) is 0 Å². The first kappa shape index (κ1) is 13.6. The molecule has 1 aromatic heterocycles. The van der Waals surface area contributed by atoms with E-state index in [-0.39, 0.29) is 23.7 Å². The van der Waals surface area contributed by atoms with E-state index in [9.17, 15) is 14.9 Å². The van der Waals surface area contributed by atoms with Crippen molar-refractivity contribution in [2.45, 2.75) is 6.61 Å². The van der Waals surface area contributed by atoms with Crippen molar-refractivity contribution < 1.29 is 19.6 Å². The molecule has 0 unspecified atom stereocenters. The standard InChI is InChI=1S/C11H10N4O5/c1-20-6-9-10(11(16)17)12-13-14(9)7-3-2-4-8(5-7)15(18)19/h2-5H,6H2,1H3,(H,16,17). The van der Waals surface area contributed by atoms with Crippen molar-refractivity contribution in [2.24, 2.45) is 0 Å². The molecule has 0 atom stereocenters. The number of ether oxygens (including phenoxy) is 1. The highest BCUT2D eigenvalue weighted by molar-refractivity contribution is 5.86. The van der Waals surface area contributed by atoms with Gasteiger partial charge in [-0.05, 0) is 6.07 Å². The SMILES string of the molecule is COCc1c(C(=O)O)nnn1-c1cccc([N+](=O)[O-])c1. The van der Waals surface area contributed by atoms with E-state index >= 15 is 0 Å². The number of nitro benzene ring substituents is 1. The molecule has 0 amide bonds. The van der Waals surface area contributed by atoms with Gasteiger partial charge in [0.2, 0.25) is 0 Å². The van der Waals surface area contributed by atoms with E-state index < -0.39 is 10.9 Å². The van der Waals surface area contributed by atoms with Gasteiger partial charge in [0.15, 0.2) is 5.69 Å². The Kier molecular flexibility index (Phi) is 3.71. The summed E-state index contributed by atoms with van der Waals surface area (Å²) in [6.07, 6.45) is 0. The molecular formula is C11H10N4O5. The second-order valence-electron chi connectivity index (χ2n) is 3.81. The molecule has 0 saturated carbocycles. The van der Waals surface area contributed by atoms with Crippen molar-refractivity contribution in [3.8, 4) is 5.69 Å². The van der Waals surface area contributed by atoms with Gasteiger partial charge in [-0.15, -0.1) is 5.10 Å². The van der Waals surface area contributed by atoms with Crippen molar-refractivity contribution in [2.75, 3.05) is 7.11 Å². The molecular weight excluding hydrogens is 268 g/mol. The van der Waals surface area contributed by atoms with Gasteiger partial charge in [0.1, 0.15) is 5.69 Å². The lowest BCUT2D eigenvalue weighted by molar-refractivity contribution is -0.384. The molecule has 0 fully saturated rings. The topological polar surface area (TPSA) is 120 Å². The number of aromatic carboxylic acids is 1. The summed E-state index contributed by atoms with van der Waals surface area (Å²) in [5.74, 6) is -1.24. The minimum absolute atomic E-state index is 0.0304.